The standard InChI is InChI=1S/C24H19F2N5O2S/c1-29(2)19-8-3-16(4-9-19)14-27-30-23(17-5-10-20(11-6-17)31(32)33)15-34-24(30)28-22-12-7-18(25)13-21(22)26/h3-15H,1-2H3. The van der Waals surface area contributed by atoms with E-state index in [4.69, 9.17) is 0 Å². The van der Waals surface area contributed by atoms with Crippen LogP contribution in [0.2, 0.25) is 0 Å². The topological polar surface area (TPSA) is 76.0 Å². The SMILES string of the molecule is CN(C)c1ccc(C=Nn2c(-c3ccc([N+](=O)[O-])cc3)csc2=Nc2ccc(F)cc2F)cc1. The quantitative estimate of drug-likeness (QED) is 0.206. The number of thiazole rings is 1. The van der Waals surface area contributed by atoms with Gasteiger partial charge in [0.2, 0.25) is 4.80 Å². The van der Waals surface area contributed by atoms with Crippen LogP contribution in [0.5, 0.6) is 0 Å². The van der Waals surface area contributed by atoms with Gasteiger partial charge in [-0.25, -0.2) is 18.4 Å². The number of anilines is 1. The summed E-state index contributed by atoms with van der Waals surface area (Å²) in [5, 5.41) is 17.3. The molecule has 0 atom stereocenters. The summed E-state index contributed by atoms with van der Waals surface area (Å²) in [6.07, 6.45) is 1.64. The van der Waals surface area contributed by atoms with Gasteiger partial charge in [-0.3, -0.25) is 10.1 Å². The fourth-order valence-corrected chi connectivity index (χ4v) is 3.95. The minimum Gasteiger partial charge on any atom is -0.378 e. The number of benzene rings is 3. The van der Waals surface area contributed by atoms with E-state index in [-0.39, 0.29) is 11.4 Å². The number of rotatable bonds is 6. The molecule has 172 valence electrons. The van der Waals surface area contributed by atoms with Crippen molar-refractivity contribution in [2.24, 2.45) is 10.1 Å². The number of halogens is 2. The van der Waals surface area contributed by atoms with Crippen LogP contribution in [-0.2, 0) is 0 Å². The number of non-ortho nitro benzene ring substituents is 1. The maximum absolute atomic E-state index is 14.2. The van der Waals surface area contributed by atoms with E-state index in [1.807, 2.05) is 43.3 Å². The molecule has 0 aliphatic rings. The molecule has 0 unspecified atom stereocenters. The molecule has 0 aliphatic heterocycles. The Labute approximate surface area is 197 Å². The van der Waals surface area contributed by atoms with Crippen molar-refractivity contribution in [3.8, 4) is 11.3 Å². The molecular weight excluding hydrogens is 460 g/mol. The molecular formula is C24H19F2N5O2S. The highest BCUT2D eigenvalue weighted by molar-refractivity contribution is 7.07. The van der Waals surface area contributed by atoms with Gasteiger partial charge in [0.1, 0.15) is 11.5 Å². The lowest BCUT2D eigenvalue weighted by atomic mass is 10.1. The molecule has 1 aromatic heterocycles. The first kappa shape index (κ1) is 23.0. The molecule has 4 aromatic rings. The van der Waals surface area contributed by atoms with Crippen molar-refractivity contribution in [1.82, 2.24) is 4.68 Å². The van der Waals surface area contributed by atoms with Crippen molar-refractivity contribution in [3.63, 3.8) is 0 Å². The molecule has 4 rings (SSSR count). The Kier molecular flexibility index (Phi) is 6.60. The molecule has 0 saturated carbocycles. The van der Waals surface area contributed by atoms with Crippen LogP contribution in [0.3, 0.4) is 0 Å². The first-order valence-corrected chi connectivity index (χ1v) is 11.0. The zero-order chi connectivity index (χ0) is 24.2. The highest BCUT2D eigenvalue weighted by Gasteiger charge is 2.11. The lowest BCUT2D eigenvalue weighted by Crippen LogP contribution is -2.12. The number of nitro groups is 1. The molecule has 0 fully saturated rings. The smallest absolute Gasteiger partial charge is 0.269 e. The second kappa shape index (κ2) is 9.75. The van der Waals surface area contributed by atoms with E-state index < -0.39 is 16.6 Å². The van der Waals surface area contributed by atoms with E-state index in [2.05, 4.69) is 10.1 Å². The number of aromatic nitrogens is 1. The van der Waals surface area contributed by atoms with Crippen LogP contribution < -0.4 is 9.70 Å². The third-order valence-electron chi connectivity index (χ3n) is 4.92. The predicted octanol–water partition coefficient (Wildman–Crippen LogP) is 5.58. The summed E-state index contributed by atoms with van der Waals surface area (Å²) < 4.78 is 29.1. The molecule has 0 radical (unpaired) electrons. The van der Waals surface area contributed by atoms with Crippen molar-refractivity contribution >= 4 is 34.6 Å². The van der Waals surface area contributed by atoms with Gasteiger partial charge in [-0.05, 0) is 42.0 Å². The zero-order valence-electron chi connectivity index (χ0n) is 18.2. The van der Waals surface area contributed by atoms with Crippen LogP contribution in [0, 0.1) is 21.7 Å². The van der Waals surface area contributed by atoms with Gasteiger partial charge in [-0.2, -0.15) is 5.10 Å². The minimum absolute atomic E-state index is 0.0298. The molecule has 10 heteroatoms. The summed E-state index contributed by atoms with van der Waals surface area (Å²) in [6, 6.07) is 16.9. The average Bonchev–Trinajstić information content (AvgIpc) is 3.22. The molecule has 0 amide bonds. The summed E-state index contributed by atoms with van der Waals surface area (Å²) in [7, 11) is 3.90. The highest BCUT2D eigenvalue weighted by atomic mass is 32.1. The molecule has 34 heavy (non-hydrogen) atoms. The van der Waals surface area contributed by atoms with Crippen molar-refractivity contribution in [2.75, 3.05) is 19.0 Å². The fourth-order valence-electron chi connectivity index (χ4n) is 3.10. The van der Waals surface area contributed by atoms with Gasteiger partial charge in [0.05, 0.1) is 16.8 Å². The maximum Gasteiger partial charge on any atom is 0.269 e. The van der Waals surface area contributed by atoms with Gasteiger partial charge in [0, 0.05) is 48.9 Å². The Morgan fingerprint density at radius 3 is 2.35 bits per heavy atom. The lowest BCUT2D eigenvalue weighted by Gasteiger charge is -2.11. The van der Waals surface area contributed by atoms with E-state index in [1.54, 1.807) is 23.7 Å². The third-order valence-corrected chi connectivity index (χ3v) is 5.73. The highest BCUT2D eigenvalue weighted by Crippen LogP contribution is 2.24. The van der Waals surface area contributed by atoms with Crippen molar-refractivity contribution in [3.05, 3.63) is 104 Å². The number of hydrogen-bond donors (Lipinski definition) is 0. The molecule has 0 bridgehead atoms. The van der Waals surface area contributed by atoms with E-state index in [9.17, 15) is 18.9 Å². The van der Waals surface area contributed by atoms with E-state index in [0.29, 0.717) is 16.1 Å². The van der Waals surface area contributed by atoms with E-state index >= 15 is 0 Å². The van der Waals surface area contributed by atoms with Gasteiger partial charge < -0.3 is 4.90 Å². The first-order chi connectivity index (χ1) is 16.3. The van der Waals surface area contributed by atoms with E-state index in [0.717, 1.165) is 23.4 Å². The molecule has 3 aromatic carbocycles. The Morgan fingerprint density at radius 2 is 1.74 bits per heavy atom. The number of nitrogens with zero attached hydrogens (tertiary/aromatic N) is 5. The predicted molar refractivity (Wildman–Crippen MR) is 130 cm³/mol. The van der Waals surface area contributed by atoms with Crippen LogP contribution in [0.25, 0.3) is 11.3 Å². The molecule has 0 saturated heterocycles. The van der Waals surface area contributed by atoms with Crippen molar-refractivity contribution < 1.29 is 13.7 Å². The van der Waals surface area contributed by atoms with Gasteiger partial charge >= 0.3 is 0 Å². The van der Waals surface area contributed by atoms with Gasteiger partial charge in [-0.1, -0.05) is 12.1 Å². The van der Waals surface area contributed by atoms with Crippen LogP contribution in [0.4, 0.5) is 25.8 Å². The first-order valence-electron chi connectivity index (χ1n) is 10.1. The third kappa shape index (κ3) is 5.07. The summed E-state index contributed by atoms with van der Waals surface area (Å²) in [6.45, 7) is 0. The van der Waals surface area contributed by atoms with Crippen LogP contribution >= 0.6 is 11.3 Å². The number of hydrogen-bond acceptors (Lipinski definition) is 6. The Bertz CT molecular complexity index is 1430. The number of nitro benzene ring substituents is 1. The minimum atomic E-state index is -0.792. The Balaban J connectivity index is 1.80. The largest absolute Gasteiger partial charge is 0.378 e. The zero-order valence-corrected chi connectivity index (χ0v) is 19.0. The molecule has 0 aliphatic carbocycles. The second-order valence-electron chi connectivity index (χ2n) is 7.46. The molecule has 1 heterocycles. The van der Waals surface area contributed by atoms with Crippen LogP contribution in [-0.4, -0.2) is 29.9 Å². The molecule has 0 N–H and O–H groups in total. The maximum atomic E-state index is 14.2. The van der Waals surface area contributed by atoms with Crippen LogP contribution in [0.1, 0.15) is 5.56 Å². The van der Waals surface area contributed by atoms with E-state index in [1.165, 1.54) is 34.2 Å². The van der Waals surface area contributed by atoms with Gasteiger partial charge in [0.15, 0.2) is 5.82 Å². The summed E-state index contributed by atoms with van der Waals surface area (Å²) in [5.41, 5.74) is 3.09. The summed E-state index contributed by atoms with van der Waals surface area (Å²) in [5.74, 6) is -1.48. The Morgan fingerprint density at radius 1 is 1.03 bits per heavy atom. The normalized spacial score (nSPS) is 11.8. The van der Waals surface area contributed by atoms with Gasteiger partial charge in [0.25, 0.3) is 5.69 Å². The van der Waals surface area contributed by atoms with Gasteiger partial charge in [-0.15, -0.1) is 11.3 Å². The monoisotopic (exact) mass is 479 g/mol. The fraction of sp³-hybridized carbons (Fsp3) is 0.0833. The van der Waals surface area contributed by atoms with Crippen molar-refractivity contribution in [1.29, 1.82) is 0 Å². The Hall–Kier alpha value is -4.18. The lowest BCUT2D eigenvalue weighted by molar-refractivity contribution is -0.384. The molecule has 0 spiro atoms. The summed E-state index contributed by atoms with van der Waals surface area (Å²) >= 11 is 1.21. The average molecular weight is 480 g/mol. The summed E-state index contributed by atoms with van der Waals surface area (Å²) in [4.78, 5) is 17.2. The van der Waals surface area contributed by atoms with Crippen LogP contribution in [0.15, 0.2) is 82.2 Å². The second-order valence-corrected chi connectivity index (χ2v) is 8.29. The van der Waals surface area contributed by atoms with Crippen molar-refractivity contribution in [2.45, 2.75) is 0 Å². The molecule has 7 nitrogen and oxygen atoms in total.